The van der Waals surface area contributed by atoms with Crippen molar-refractivity contribution in [3.8, 4) is 5.75 Å². The van der Waals surface area contributed by atoms with Gasteiger partial charge in [-0.25, -0.2) is 0 Å². The Morgan fingerprint density at radius 2 is 1.58 bits per heavy atom. The Kier molecular flexibility index (Phi) is 5.79. The van der Waals surface area contributed by atoms with Crippen molar-refractivity contribution >= 4 is 13.1 Å². The Hall–Kier alpha value is -1.53. The van der Waals surface area contributed by atoms with Gasteiger partial charge in [0, 0.05) is 5.82 Å². The second-order valence-electron chi connectivity index (χ2n) is 8.79. The summed E-state index contributed by atoms with van der Waals surface area (Å²) in [7, 11) is 1.10. The zero-order valence-electron chi connectivity index (χ0n) is 17.2. The molecule has 5 nitrogen and oxygen atoms in total. The van der Waals surface area contributed by atoms with Crippen LogP contribution in [0.5, 0.6) is 5.75 Å². The molecule has 1 atom stereocenters. The molecule has 2 rings (SSSR count). The number of benzene rings is 1. The molecule has 1 fully saturated rings. The van der Waals surface area contributed by atoms with Gasteiger partial charge in [-0.1, -0.05) is 12.1 Å². The number of carbonyl (C=O) groups is 1. The fourth-order valence-electron chi connectivity index (χ4n) is 2.84. The van der Waals surface area contributed by atoms with Crippen LogP contribution in [0.15, 0.2) is 24.3 Å². The molecule has 0 aliphatic carbocycles. The average Bonchev–Trinajstić information content (AvgIpc) is 2.71. The van der Waals surface area contributed by atoms with Crippen molar-refractivity contribution in [1.29, 1.82) is 0 Å². The third-order valence-corrected chi connectivity index (χ3v) is 4.95. The van der Waals surface area contributed by atoms with E-state index in [9.17, 15) is 4.79 Å². The topological polar surface area (TPSA) is 54.0 Å². The number of hydrogen-bond donors (Lipinski definition) is 0. The summed E-state index contributed by atoms with van der Waals surface area (Å²) in [6.07, 6.45) is 0.181. The summed E-state index contributed by atoms with van der Waals surface area (Å²) < 4.78 is 23.2. The minimum Gasteiger partial charge on any atom is -0.497 e. The molecule has 144 valence electrons. The predicted molar refractivity (Wildman–Crippen MR) is 102 cm³/mol. The van der Waals surface area contributed by atoms with Gasteiger partial charge in [0.1, 0.15) is 11.4 Å². The average molecular weight is 362 g/mol. The second-order valence-corrected chi connectivity index (χ2v) is 8.79. The van der Waals surface area contributed by atoms with Crippen LogP contribution in [0, 0.1) is 0 Å². The summed E-state index contributed by atoms with van der Waals surface area (Å²) in [4.78, 5) is 12.5. The normalized spacial score (nSPS) is 19.9. The summed E-state index contributed by atoms with van der Waals surface area (Å²) in [6.45, 7) is 13.6. The van der Waals surface area contributed by atoms with E-state index in [1.807, 2.05) is 72.7 Å². The van der Waals surface area contributed by atoms with Crippen molar-refractivity contribution in [1.82, 2.24) is 0 Å². The quantitative estimate of drug-likeness (QED) is 0.582. The zero-order chi connectivity index (χ0) is 19.8. The fourth-order valence-corrected chi connectivity index (χ4v) is 2.84. The Morgan fingerprint density at radius 1 is 1.08 bits per heavy atom. The van der Waals surface area contributed by atoms with Crippen LogP contribution in [-0.2, 0) is 18.8 Å². The molecule has 26 heavy (non-hydrogen) atoms. The van der Waals surface area contributed by atoms with Crippen molar-refractivity contribution < 1.29 is 23.6 Å². The Labute approximate surface area is 157 Å². The molecule has 1 aromatic carbocycles. The molecule has 0 bridgehead atoms. The lowest BCUT2D eigenvalue weighted by molar-refractivity contribution is -0.155. The fraction of sp³-hybridized carbons (Fsp3) is 0.650. The standard InChI is InChI=1S/C20H31BO5/c1-18(2,3)24-17(22)13-16(14-9-11-15(23-8)12-10-14)21-25-19(4,5)20(6,7)26-21/h9-12,16H,13H2,1-8H3. The Bertz CT molecular complexity index is 615. The van der Waals surface area contributed by atoms with Gasteiger partial charge in [0.2, 0.25) is 0 Å². The summed E-state index contributed by atoms with van der Waals surface area (Å²) in [5.74, 6) is 0.225. The lowest BCUT2D eigenvalue weighted by atomic mass is 9.66. The number of hydrogen-bond acceptors (Lipinski definition) is 5. The van der Waals surface area contributed by atoms with E-state index in [4.69, 9.17) is 18.8 Å². The Balaban J connectivity index is 2.28. The molecular weight excluding hydrogens is 331 g/mol. The molecule has 1 aliphatic heterocycles. The Morgan fingerprint density at radius 3 is 2.00 bits per heavy atom. The molecule has 6 heteroatoms. The van der Waals surface area contributed by atoms with E-state index in [0.29, 0.717) is 0 Å². The molecule has 0 N–H and O–H groups in total. The highest BCUT2D eigenvalue weighted by molar-refractivity contribution is 6.48. The maximum Gasteiger partial charge on any atom is 0.466 e. The number of carbonyl (C=O) groups excluding carboxylic acids is 1. The van der Waals surface area contributed by atoms with Gasteiger partial charge in [-0.05, 0) is 66.2 Å². The highest BCUT2D eigenvalue weighted by Gasteiger charge is 2.54. The van der Waals surface area contributed by atoms with E-state index in [1.54, 1.807) is 7.11 Å². The molecule has 1 aromatic rings. The van der Waals surface area contributed by atoms with Gasteiger partial charge in [0.05, 0.1) is 24.7 Å². The minimum atomic E-state index is -0.530. The van der Waals surface area contributed by atoms with E-state index in [-0.39, 0.29) is 18.2 Å². The van der Waals surface area contributed by atoms with Gasteiger partial charge in [0.25, 0.3) is 0 Å². The molecule has 0 spiro atoms. The van der Waals surface area contributed by atoms with Gasteiger partial charge in [-0.2, -0.15) is 0 Å². The number of esters is 1. The van der Waals surface area contributed by atoms with Crippen molar-refractivity contribution in [3.63, 3.8) is 0 Å². The van der Waals surface area contributed by atoms with E-state index in [2.05, 4.69) is 0 Å². The van der Waals surface area contributed by atoms with Crippen LogP contribution in [0.3, 0.4) is 0 Å². The summed E-state index contributed by atoms with van der Waals surface area (Å²) in [6, 6.07) is 7.64. The minimum absolute atomic E-state index is 0.181. The smallest absolute Gasteiger partial charge is 0.466 e. The summed E-state index contributed by atoms with van der Waals surface area (Å²) >= 11 is 0. The van der Waals surface area contributed by atoms with Gasteiger partial charge in [0.15, 0.2) is 0 Å². The third-order valence-electron chi connectivity index (χ3n) is 4.95. The van der Waals surface area contributed by atoms with E-state index >= 15 is 0 Å². The molecule has 0 radical (unpaired) electrons. The summed E-state index contributed by atoms with van der Waals surface area (Å²) in [5, 5.41) is 0. The van der Waals surface area contributed by atoms with E-state index < -0.39 is 23.9 Å². The van der Waals surface area contributed by atoms with Crippen LogP contribution >= 0.6 is 0 Å². The molecule has 0 aromatic heterocycles. The molecule has 0 amide bonds. The molecule has 0 saturated carbocycles. The monoisotopic (exact) mass is 362 g/mol. The van der Waals surface area contributed by atoms with Gasteiger partial charge >= 0.3 is 13.1 Å². The van der Waals surface area contributed by atoms with Crippen molar-refractivity contribution in [2.24, 2.45) is 0 Å². The van der Waals surface area contributed by atoms with Crippen molar-refractivity contribution in [2.75, 3.05) is 7.11 Å². The number of ether oxygens (including phenoxy) is 2. The highest BCUT2D eigenvalue weighted by Crippen LogP contribution is 2.42. The highest BCUT2D eigenvalue weighted by atomic mass is 16.7. The van der Waals surface area contributed by atoms with Crippen LogP contribution in [0.4, 0.5) is 0 Å². The SMILES string of the molecule is COc1ccc(C(CC(=O)OC(C)(C)C)B2OC(C)(C)C(C)(C)O2)cc1. The van der Waals surface area contributed by atoms with E-state index in [1.165, 1.54) is 0 Å². The van der Waals surface area contributed by atoms with Crippen LogP contribution in [0.25, 0.3) is 0 Å². The van der Waals surface area contributed by atoms with Gasteiger partial charge in [-0.3, -0.25) is 4.79 Å². The maximum atomic E-state index is 12.5. The van der Waals surface area contributed by atoms with Gasteiger partial charge < -0.3 is 18.8 Å². The zero-order valence-corrected chi connectivity index (χ0v) is 17.2. The lowest BCUT2D eigenvalue weighted by Gasteiger charge is -2.32. The van der Waals surface area contributed by atoms with Crippen molar-refractivity contribution in [3.05, 3.63) is 29.8 Å². The van der Waals surface area contributed by atoms with Crippen LogP contribution in [0.1, 0.15) is 66.3 Å². The van der Waals surface area contributed by atoms with Crippen molar-refractivity contribution in [2.45, 2.75) is 77.5 Å². The van der Waals surface area contributed by atoms with Crippen LogP contribution in [0.2, 0.25) is 0 Å². The van der Waals surface area contributed by atoms with Crippen LogP contribution in [-0.4, -0.2) is 37.0 Å². The van der Waals surface area contributed by atoms with Gasteiger partial charge in [-0.15, -0.1) is 0 Å². The first-order valence-corrected chi connectivity index (χ1v) is 9.06. The molecule has 1 saturated heterocycles. The first-order valence-electron chi connectivity index (χ1n) is 9.06. The number of rotatable bonds is 5. The molecular formula is C20H31BO5. The molecule has 1 aliphatic rings. The lowest BCUT2D eigenvalue weighted by Crippen LogP contribution is -2.41. The van der Waals surface area contributed by atoms with Crippen LogP contribution < -0.4 is 4.74 Å². The summed E-state index contributed by atoms with van der Waals surface area (Å²) in [5.41, 5.74) is -0.500. The third kappa shape index (κ3) is 4.80. The second kappa shape index (κ2) is 7.24. The largest absolute Gasteiger partial charge is 0.497 e. The predicted octanol–water partition coefficient (Wildman–Crippen LogP) is 4.14. The maximum absolute atomic E-state index is 12.5. The van der Waals surface area contributed by atoms with E-state index in [0.717, 1.165) is 11.3 Å². The number of methoxy groups -OCH3 is 1. The molecule has 1 unspecified atom stereocenters. The first-order chi connectivity index (χ1) is 11.8. The molecule has 1 heterocycles. The first kappa shape index (κ1) is 20.8.